The molecule has 0 aliphatic rings. The van der Waals surface area contributed by atoms with Crippen molar-refractivity contribution < 1.29 is 33.6 Å². The Balaban J connectivity index is 3.14. The zero-order chi connectivity index (χ0) is 17.4. The van der Waals surface area contributed by atoms with Crippen LogP contribution in [-0.2, 0) is 28.5 Å². The average molecular weight is 325 g/mol. The monoisotopic (exact) mass is 325 g/mol. The van der Waals surface area contributed by atoms with Crippen LogP contribution in [0.3, 0.4) is 0 Å². The second-order valence-corrected chi connectivity index (χ2v) is 4.27. The fraction of sp³-hybridized carbons (Fsp3) is 0.333. The van der Waals surface area contributed by atoms with Gasteiger partial charge < -0.3 is 29.4 Å². The molecule has 2 N–H and O–H groups in total. The van der Waals surface area contributed by atoms with Gasteiger partial charge in [-0.2, -0.15) is 0 Å². The molecule has 0 atom stereocenters. The van der Waals surface area contributed by atoms with E-state index in [1.54, 1.807) is 0 Å². The highest BCUT2D eigenvalue weighted by atomic mass is 16.7. The molecule has 1 rings (SSSR count). The molecule has 8 heteroatoms. The number of benzene rings is 1. The van der Waals surface area contributed by atoms with E-state index in [1.807, 2.05) is 0 Å². The molecule has 0 spiro atoms. The van der Waals surface area contributed by atoms with E-state index < -0.39 is 18.2 Å². The van der Waals surface area contributed by atoms with Crippen molar-refractivity contribution in [1.29, 1.82) is 0 Å². The largest absolute Gasteiger partial charge is 0.507 e. The first-order valence-electron chi connectivity index (χ1n) is 6.50. The number of carbonyl (C=O) groups is 2. The molecule has 0 aliphatic carbocycles. The van der Waals surface area contributed by atoms with Gasteiger partial charge in [-0.15, -0.1) is 0 Å². The number of nitrogens with one attached hydrogen (secondary N) is 1. The average Bonchev–Trinajstić information content (AvgIpc) is 2.56. The topological polar surface area (TPSA) is 103 Å². The molecule has 1 aromatic rings. The van der Waals surface area contributed by atoms with E-state index in [0.717, 1.165) is 6.08 Å². The summed E-state index contributed by atoms with van der Waals surface area (Å²) in [5.41, 5.74) is 0.641. The van der Waals surface area contributed by atoms with Crippen molar-refractivity contribution in [2.24, 2.45) is 0 Å². The molecule has 0 aromatic heterocycles. The van der Waals surface area contributed by atoms with Gasteiger partial charge in [0, 0.05) is 19.9 Å². The van der Waals surface area contributed by atoms with Crippen molar-refractivity contribution in [3.05, 3.63) is 35.5 Å². The second-order valence-electron chi connectivity index (χ2n) is 4.27. The van der Waals surface area contributed by atoms with Gasteiger partial charge in [-0.05, 0) is 18.2 Å². The molecule has 0 bridgehead atoms. The summed E-state index contributed by atoms with van der Waals surface area (Å²) in [5.74, 6) is -1.51. The Labute approximate surface area is 133 Å². The smallest absolute Gasteiger partial charge is 0.354 e. The maximum Gasteiger partial charge on any atom is 0.354 e. The van der Waals surface area contributed by atoms with E-state index in [-0.39, 0.29) is 11.4 Å². The van der Waals surface area contributed by atoms with Crippen LogP contribution >= 0.6 is 0 Å². The van der Waals surface area contributed by atoms with Crippen LogP contribution in [0.15, 0.2) is 30.0 Å². The molecule has 0 saturated heterocycles. The first-order valence-corrected chi connectivity index (χ1v) is 6.50. The molecule has 0 unspecified atom stereocenters. The Morgan fingerprint density at radius 1 is 1.13 bits per heavy atom. The number of methoxy groups -OCH3 is 4. The number of rotatable bonds is 7. The molecule has 0 saturated carbocycles. The van der Waals surface area contributed by atoms with E-state index in [1.165, 1.54) is 46.6 Å². The van der Waals surface area contributed by atoms with Crippen LogP contribution in [0.2, 0.25) is 0 Å². The van der Waals surface area contributed by atoms with Gasteiger partial charge in [0.05, 0.1) is 25.9 Å². The maximum absolute atomic E-state index is 11.7. The molecule has 0 radical (unpaired) electrons. The summed E-state index contributed by atoms with van der Waals surface area (Å²) in [5, 5.41) is 12.6. The van der Waals surface area contributed by atoms with Crippen molar-refractivity contribution >= 4 is 17.6 Å². The van der Waals surface area contributed by atoms with Crippen LogP contribution in [0.4, 0.5) is 5.69 Å². The molecule has 0 heterocycles. The summed E-state index contributed by atoms with van der Waals surface area (Å²) >= 11 is 0. The van der Waals surface area contributed by atoms with Crippen LogP contribution in [-0.4, -0.2) is 45.5 Å². The van der Waals surface area contributed by atoms with Crippen LogP contribution in [0.5, 0.6) is 5.75 Å². The van der Waals surface area contributed by atoms with Crippen molar-refractivity contribution in [1.82, 2.24) is 0 Å². The lowest BCUT2D eigenvalue weighted by Crippen LogP contribution is -2.15. The van der Waals surface area contributed by atoms with E-state index in [0.29, 0.717) is 11.3 Å². The van der Waals surface area contributed by atoms with Crippen LogP contribution in [0.1, 0.15) is 11.9 Å². The van der Waals surface area contributed by atoms with Crippen molar-refractivity contribution in [2.75, 3.05) is 33.8 Å². The quantitative estimate of drug-likeness (QED) is 0.335. The first-order chi connectivity index (χ1) is 11.0. The lowest BCUT2D eigenvalue weighted by atomic mass is 10.1. The molecule has 8 nitrogen and oxygen atoms in total. The van der Waals surface area contributed by atoms with Crippen molar-refractivity contribution in [3.63, 3.8) is 0 Å². The van der Waals surface area contributed by atoms with Gasteiger partial charge >= 0.3 is 11.9 Å². The summed E-state index contributed by atoms with van der Waals surface area (Å²) in [7, 11) is 5.22. The summed E-state index contributed by atoms with van der Waals surface area (Å²) in [6.07, 6.45) is 0.172. The Bertz CT molecular complexity index is 593. The molecular formula is C15H19NO7. The zero-order valence-corrected chi connectivity index (χ0v) is 13.3. The number of ether oxygens (including phenoxy) is 4. The summed E-state index contributed by atoms with van der Waals surface area (Å²) in [4.78, 5) is 23.0. The molecular weight excluding hydrogens is 306 g/mol. The number of hydrogen-bond donors (Lipinski definition) is 2. The van der Waals surface area contributed by atoms with Gasteiger partial charge in [0.25, 0.3) is 0 Å². The van der Waals surface area contributed by atoms with Gasteiger partial charge in [-0.3, -0.25) is 0 Å². The number of anilines is 1. The minimum absolute atomic E-state index is 0.0409. The maximum atomic E-state index is 11.7. The van der Waals surface area contributed by atoms with Crippen LogP contribution in [0.25, 0.3) is 0 Å². The van der Waals surface area contributed by atoms with Crippen molar-refractivity contribution in [2.45, 2.75) is 6.29 Å². The molecule has 126 valence electrons. The molecule has 0 aliphatic heterocycles. The van der Waals surface area contributed by atoms with Gasteiger partial charge in [-0.1, -0.05) is 0 Å². The van der Waals surface area contributed by atoms with Gasteiger partial charge in [0.1, 0.15) is 11.4 Å². The van der Waals surface area contributed by atoms with Gasteiger partial charge in [0.15, 0.2) is 6.29 Å². The normalized spacial score (nSPS) is 11.3. The Hall–Kier alpha value is -2.58. The Morgan fingerprint density at radius 2 is 1.78 bits per heavy atom. The minimum atomic E-state index is -0.789. The van der Waals surface area contributed by atoms with Gasteiger partial charge in [0.2, 0.25) is 0 Å². The molecule has 1 aromatic carbocycles. The standard InChI is InChI=1S/C15H19NO7/c1-20-13(18)8-11(14(19)21-2)16-9-5-6-12(17)10(7-9)15(22-3)23-4/h5-8,15-17H,1-4H3/b11-8+. The molecule has 23 heavy (non-hydrogen) atoms. The highest BCUT2D eigenvalue weighted by molar-refractivity contribution is 5.98. The lowest BCUT2D eigenvalue weighted by Gasteiger charge is -2.17. The highest BCUT2D eigenvalue weighted by Gasteiger charge is 2.17. The minimum Gasteiger partial charge on any atom is -0.507 e. The third-order valence-corrected chi connectivity index (χ3v) is 2.86. The lowest BCUT2D eigenvalue weighted by molar-refractivity contribution is -0.138. The molecule has 0 fully saturated rings. The number of carbonyl (C=O) groups excluding carboxylic acids is 2. The Morgan fingerprint density at radius 3 is 2.30 bits per heavy atom. The number of esters is 2. The predicted molar refractivity (Wildman–Crippen MR) is 80.6 cm³/mol. The number of hydrogen-bond acceptors (Lipinski definition) is 8. The summed E-state index contributed by atoms with van der Waals surface area (Å²) in [6, 6.07) is 4.42. The second kappa shape index (κ2) is 8.76. The Kier molecular flexibility index (Phi) is 7.04. The van der Waals surface area contributed by atoms with E-state index in [9.17, 15) is 14.7 Å². The van der Waals surface area contributed by atoms with E-state index in [4.69, 9.17) is 9.47 Å². The number of aromatic hydroxyl groups is 1. The zero-order valence-electron chi connectivity index (χ0n) is 13.3. The summed E-state index contributed by atoms with van der Waals surface area (Å²) < 4.78 is 19.3. The number of phenolic OH excluding ortho intramolecular Hbond substituents is 1. The first kappa shape index (κ1) is 18.5. The van der Waals surface area contributed by atoms with E-state index in [2.05, 4.69) is 14.8 Å². The predicted octanol–water partition coefficient (Wildman–Crippen LogP) is 1.33. The molecule has 0 amide bonds. The third kappa shape index (κ3) is 4.97. The highest BCUT2D eigenvalue weighted by Crippen LogP contribution is 2.30. The summed E-state index contributed by atoms with van der Waals surface area (Å²) in [6.45, 7) is 0. The number of phenols is 1. The SMILES string of the molecule is COC(=O)/C=C(/Nc1ccc(O)c(C(OC)OC)c1)C(=O)OC. The van der Waals surface area contributed by atoms with E-state index >= 15 is 0 Å². The fourth-order valence-corrected chi connectivity index (χ4v) is 1.76. The fourth-order valence-electron chi connectivity index (χ4n) is 1.76. The van der Waals surface area contributed by atoms with Crippen LogP contribution < -0.4 is 5.32 Å². The third-order valence-electron chi connectivity index (χ3n) is 2.86. The van der Waals surface area contributed by atoms with Crippen LogP contribution in [0, 0.1) is 0 Å². The van der Waals surface area contributed by atoms with Gasteiger partial charge in [-0.25, -0.2) is 9.59 Å². The van der Waals surface area contributed by atoms with Crippen molar-refractivity contribution in [3.8, 4) is 5.75 Å².